The van der Waals surface area contributed by atoms with Gasteiger partial charge in [-0.1, -0.05) is 0 Å². The maximum atomic E-state index is 13.5. The van der Waals surface area contributed by atoms with Gasteiger partial charge in [-0.2, -0.15) is 0 Å². The molecule has 1 fully saturated rings. The molecule has 1 heterocycles. The van der Waals surface area contributed by atoms with Gasteiger partial charge in [-0.25, -0.2) is 26.3 Å². The summed E-state index contributed by atoms with van der Waals surface area (Å²) < 4.78 is 65.9. The van der Waals surface area contributed by atoms with E-state index in [0.717, 1.165) is 19.0 Å². The normalized spacial score (nSPS) is 20.6. The largest absolute Gasteiger partial charge is 0.317 e. The molecule has 8 heteroatoms. The number of halogens is 3. The van der Waals surface area contributed by atoms with Gasteiger partial charge in [-0.05, 0) is 44.5 Å². The second kappa shape index (κ2) is 6.11. The zero-order chi connectivity index (χ0) is 14.8. The molecule has 112 valence electrons. The van der Waals surface area contributed by atoms with Crippen molar-refractivity contribution in [3.05, 3.63) is 29.6 Å². The molecule has 1 unspecified atom stereocenters. The standard InChI is InChI=1S/C12H15F3N2O2S/c13-9-3-4-10(12(15)11(9)14)20(18,19)17-8-2-1-6-16-7-5-8/h3-4,8,16-17H,1-2,5-7H2. The molecule has 1 aromatic carbocycles. The Kier molecular flexibility index (Phi) is 4.66. The first-order valence-corrected chi connectivity index (χ1v) is 7.76. The molecule has 0 aliphatic carbocycles. The SMILES string of the molecule is O=S(=O)(NC1CCCNCC1)c1ccc(F)c(F)c1F. The van der Waals surface area contributed by atoms with Gasteiger partial charge in [0, 0.05) is 6.04 Å². The lowest BCUT2D eigenvalue weighted by Crippen LogP contribution is -2.36. The Morgan fingerprint density at radius 2 is 1.85 bits per heavy atom. The molecule has 2 rings (SSSR count). The van der Waals surface area contributed by atoms with Gasteiger partial charge in [0.25, 0.3) is 0 Å². The maximum Gasteiger partial charge on any atom is 0.243 e. The third-order valence-electron chi connectivity index (χ3n) is 3.19. The molecule has 1 saturated heterocycles. The number of sulfonamides is 1. The van der Waals surface area contributed by atoms with Crippen molar-refractivity contribution in [2.24, 2.45) is 0 Å². The fraction of sp³-hybridized carbons (Fsp3) is 0.500. The number of rotatable bonds is 3. The van der Waals surface area contributed by atoms with E-state index in [1.807, 2.05) is 0 Å². The molecule has 1 aliphatic rings. The molecule has 1 aromatic rings. The summed E-state index contributed by atoms with van der Waals surface area (Å²) in [6.07, 6.45) is 1.95. The molecule has 0 aromatic heterocycles. The average Bonchev–Trinajstić information content (AvgIpc) is 2.63. The number of nitrogens with one attached hydrogen (secondary N) is 2. The van der Waals surface area contributed by atoms with Crippen LogP contribution in [0.15, 0.2) is 17.0 Å². The highest BCUT2D eigenvalue weighted by Crippen LogP contribution is 2.20. The van der Waals surface area contributed by atoms with Crippen LogP contribution in [0, 0.1) is 17.5 Å². The van der Waals surface area contributed by atoms with Crippen LogP contribution in [0.25, 0.3) is 0 Å². The summed E-state index contributed by atoms with van der Waals surface area (Å²) in [5, 5.41) is 3.11. The van der Waals surface area contributed by atoms with Crippen LogP contribution in [0.4, 0.5) is 13.2 Å². The first kappa shape index (κ1) is 15.3. The van der Waals surface area contributed by atoms with E-state index in [9.17, 15) is 21.6 Å². The van der Waals surface area contributed by atoms with Crippen LogP contribution in [0.1, 0.15) is 19.3 Å². The Morgan fingerprint density at radius 3 is 2.60 bits per heavy atom. The Labute approximate surface area is 115 Å². The van der Waals surface area contributed by atoms with Crippen LogP contribution < -0.4 is 10.0 Å². The Bertz CT molecular complexity index is 585. The third kappa shape index (κ3) is 3.31. The first-order chi connectivity index (χ1) is 9.42. The van der Waals surface area contributed by atoms with Crippen LogP contribution in [-0.2, 0) is 10.0 Å². The number of benzene rings is 1. The van der Waals surface area contributed by atoms with E-state index >= 15 is 0 Å². The molecule has 0 radical (unpaired) electrons. The van der Waals surface area contributed by atoms with Crippen LogP contribution in [0.5, 0.6) is 0 Å². The van der Waals surface area contributed by atoms with Gasteiger partial charge in [-0.15, -0.1) is 0 Å². The topological polar surface area (TPSA) is 58.2 Å². The predicted molar refractivity (Wildman–Crippen MR) is 67.1 cm³/mol. The summed E-state index contributed by atoms with van der Waals surface area (Å²) in [6, 6.07) is 0.981. The summed E-state index contributed by atoms with van der Waals surface area (Å²) >= 11 is 0. The van der Waals surface area contributed by atoms with E-state index < -0.39 is 32.4 Å². The highest BCUT2D eigenvalue weighted by Gasteiger charge is 2.26. The van der Waals surface area contributed by atoms with E-state index in [1.54, 1.807) is 0 Å². The highest BCUT2D eigenvalue weighted by atomic mass is 32.2. The van der Waals surface area contributed by atoms with Gasteiger partial charge < -0.3 is 5.32 Å². The minimum absolute atomic E-state index is 0.345. The van der Waals surface area contributed by atoms with Crippen LogP contribution in [-0.4, -0.2) is 27.5 Å². The van der Waals surface area contributed by atoms with Gasteiger partial charge in [0.15, 0.2) is 17.5 Å². The van der Waals surface area contributed by atoms with Crippen molar-refractivity contribution < 1.29 is 21.6 Å². The van der Waals surface area contributed by atoms with E-state index in [0.29, 0.717) is 25.5 Å². The molecule has 4 nitrogen and oxygen atoms in total. The molecule has 0 spiro atoms. The minimum Gasteiger partial charge on any atom is -0.317 e. The molecule has 0 saturated carbocycles. The van der Waals surface area contributed by atoms with Crippen molar-refractivity contribution in [1.82, 2.24) is 10.0 Å². The fourth-order valence-electron chi connectivity index (χ4n) is 2.14. The molecule has 1 aliphatic heterocycles. The molecule has 1 atom stereocenters. The van der Waals surface area contributed by atoms with Crippen LogP contribution in [0.3, 0.4) is 0 Å². The van der Waals surface area contributed by atoms with Gasteiger partial charge in [0.2, 0.25) is 10.0 Å². The zero-order valence-corrected chi connectivity index (χ0v) is 11.4. The van der Waals surface area contributed by atoms with Crippen LogP contribution in [0.2, 0.25) is 0 Å². The minimum atomic E-state index is -4.21. The van der Waals surface area contributed by atoms with E-state index in [4.69, 9.17) is 0 Å². The Hall–Kier alpha value is -1.12. The Balaban J connectivity index is 2.24. The summed E-state index contributed by atoms with van der Waals surface area (Å²) in [4.78, 5) is -0.867. The van der Waals surface area contributed by atoms with Crippen molar-refractivity contribution in [3.8, 4) is 0 Å². The monoisotopic (exact) mass is 308 g/mol. The number of hydrogen-bond acceptors (Lipinski definition) is 3. The summed E-state index contributed by atoms with van der Waals surface area (Å²) in [5.74, 6) is -4.89. The first-order valence-electron chi connectivity index (χ1n) is 6.28. The van der Waals surface area contributed by atoms with E-state index in [1.165, 1.54) is 0 Å². The molecular weight excluding hydrogens is 293 g/mol. The van der Waals surface area contributed by atoms with Crippen molar-refractivity contribution in [1.29, 1.82) is 0 Å². The summed E-state index contributed by atoms with van der Waals surface area (Å²) in [7, 11) is -4.21. The molecule has 2 N–H and O–H groups in total. The quantitative estimate of drug-likeness (QED) is 0.833. The van der Waals surface area contributed by atoms with Gasteiger partial charge in [0.1, 0.15) is 4.90 Å². The van der Waals surface area contributed by atoms with Crippen molar-refractivity contribution >= 4 is 10.0 Å². The Morgan fingerprint density at radius 1 is 1.10 bits per heavy atom. The smallest absolute Gasteiger partial charge is 0.243 e. The van der Waals surface area contributed by atoms with Crippen molar-refractivity contribution in [2.45, 2.75) is 30.2 Å². The van der Waals surface area contributed by atoms with E-state index in [-0.39, 0.29) is 6.04 Å². The van der Waals surface area contributed by atoms with E-state index in [2.05, 4.69) is 10.0 Å². The zero-order valence-electron chi connectivity index (χ0n) is 10.6. The highest BCUT2D eigenvalue weighted by molar-refractivity contribution is 7.89. The number of hydrogen-bond donors (Lipinski definition) is 2. The second-order valence-electron chi connectivity index (χ2n) is 4.67. The molecule has 0 bridgehead atoms. The lowest BCUT2D eigenvalue weighted by atomic mass is 10.1. The van der Waals surface area contributed by atoms with Crippen molar-refractivity contribution in [2.75, 3.05) is 13.1 Å². The molecular formula is C12H15F3N2O2S. The van der Waals surface area contributed by atoms with Gasteiger partial charge >= 0.3 is 0 Å². The maximum absolute atomic E-state index is 13.5. The molecule has 0 amide bonds. The fourth-order valence-corrected chi connectivity index (χ4v) is 3.51. The molecule has 20 heavy (non-hydrogen) atoms. The van der Waals surface area contributed by atoms with Crippen molar-refractivity contribution in [3.63, 3.8) is 0 Å². The van der Waals surface area contributed by atoms with Crippen LogP contribution >= 0.6 is 0 Å². The summed E-state index contributed by atoms with van der Waals surface area (Å²) in [6.45, 7) is 1.44. The van der Waals surface area contributed by atoms with Gasteiger partial charge in [-0.3, -0.25) is 0 Å². The second-order valence-corrected chi connectivity index (χ2v) is 6.36. The van der Waals surface area contributed by atoms with Gasteiger partial charge in [0.05, 0.1) is 0 Å². The third-order valence-corrected chi connectivity index (χ3v) is 4.72. The average molecular weight is 308 g/mol. The predicted octanol–water partition coefficient (Wildman–Crippen LogP) is 1.52. The lowest BCUT2D eigenvalue weighted by Gasteiger charge is -2.16. The summed E-state index contributed by atoms with van der Waals surface area (Å²) in [5.41, 5.74) is 0. The lowest BCUT2D eigenvalue weighted by molar-refractivity contribution is 0.430.